The first-order chi connectivity index (χ1) is 16.2. The lowest BCUT2D eigenvalue weighted by atomic mass is 9.95. The van der Waals surface area contributed by atoms with E-state index < -0.39 is 24.9 Å². The molecular weight excluding hydrogens is 452 g/mol. The number of likely N-dealkylation sites (tertiary alicyclic amines) is 2. The Morgan fingerprint density at radius 2 is 1.91 bits per heavy atom. The third-order valence-electron chi connectivity index (χ3n) is 6.56. The van der Waals surface area contributed by atoms with Gasteiger partial charge in [0.1, 0.15) is 12.1 Å². The summed E-state index contributed by atoms with van der Waals surface area (Å²) in [5.41, 5.74) is 5.86. The molecule has 0 radical (unpaired) electrons. The first-order valence-corrected chi connectivity index (χ1v) is 11.4. The number of hydrogen-bond donors (Lipinski definition) is 1. The van der Waals surface area contributed by atoms with E-state index in [0.29, 0.717) is 38.5 Å². The van der Waals surface area contributed by atoms with Crippen LogP contribution in [0, 0.1) is 5.92 Å². The van der Waals surface area contributed by atoms with Crippen LogP contribution in [0.1, 0.15) is 44.1 Å². The van der Waals surface area contributed by atoms with E-state index in [9.17, 15) is 23.2 Å². The largest absolute Gasteiger partial charge is 0.489 e. The zero-order valence-corrected chi connectivity index (χ0v) is 19.0. The Bertz CT molecular complexity index is 941. The van der Waals surface area contributed by atoms with Gasteiger partial charge in [0, 0.05) is 32.4 Å². The molecule has 11 heteroatoms. The maximum Gasteiger partial charge on any atom is 0.404 e. The number of carbonyl (C=O) groups is 3. The van der Waals surface area contributed by atoms with Crippen LogP contribution in [0.5, 0.6) is 11.5 Å². The molecule has 1 unspecified atom stereocenters. The van der Waals surface area contributed by atoms with Crippen LogP contribution >= 0.6 is 0 Å². The summed E-state index contributed by atoms with van der Waals surface area (Å²) in [4.78, 5) is 39.7. The third kappa shape index (κ3) is 5.68. The quantitative estimate of drug-likeness (QED) is 0.611. The Hall–Kier alpha value is -3.11. The van der Waals surface area contributed by atoms with Gasteiger partial charge in [0.05, 0.1) is 13.2 Å². The van der Waals surface area contributed by atoms with Gasteiger partial charge < -0.3 is 29.7 Å². The first-order valence-electron chi connectivity index (χ1n) is 11.4. The molecule has 0 spiro atoms. The number of amides is 3. The molecule has 1 aliphatic carbocycles. The molecule has 2 saturated heterocycles. The van der Waals surface area contributed by atoms with Crippen LogP contribution in [0.3, 0.4) is 0 Å². The summed E-state index contributed by atoms with van der Waals surface area (Å²) < 4.78 is 41.1. The van der Waals surface area contributed by atoms with E-state index in [1.54, 1.807) is 17.0 Å². The van der Waals surface area contributed by atoms with Crippen LogP contribution < -0.4 is 15.2 Å². The molecule has 34 heavy (non-hydrogen) atoms. The van der Waals surface area contributed by atoms with Gasteiger partial charge in [-0.3, -0.25) is 9.59 Å². The molecule has 0 aromatic heterocycles. The van der Waals surface area contributed by atoms with E-state index >= 15 is 0 Å². The van der Waals surface area contributed by atoms with Gasteiger partial charge >= 0.3 is 12.7 Å². The van der Waals surface area contributed by atoms with Crippen molar-refractivity contribution in [2.75, 3.05) is 26.2 Å². The van der Waals surface area contributed by atoms with Crippen LogP contribution in [0.4, 0.5) is 13.6 Å². The van der Waals surface area contributed by atoms with Crippen LogP contribution in [0.25, 0.3) is 0 Å². The monoisotopic (exact) mass is 481 g/mol. The Labute approximate surface area is 196 Å². The molecule has 186 valence electrons. The number of nitrogens with zero attached hydrogens (tertiary/aromatic N) is 2. The summed E-state index contributed by atoms with van der Waals surface area (Å²) in [6, 6.07) is 4.12. The molecule has 9 nitrogen and oxygen atoms in total. The van der Waals surface area contributed by atoms with Crippen LogP contribution in [0.15, 0.2) is 18.2 Å². The number of rotatable bonds is 8. The minimum absolute atomic E-state index is 0.0361. The second-order valence-corrected chi connectivity index (χ2v) is 9.09. The predicted octanol–water partition coefficient (Wildman–Crippen LogP) is 2.48. The SMILES string of the molecule is CC(=O)N1CC(c2ccc(OC(F)F)c(OCC3CC3)c2)C[C@@H]1C(=O)N1CC[C@@H](OC(N)=O)C1. The fourth-order valence-corrected chi connectivity index (χ4v) is 4.64. The normalized spacial score (nSPS) is 24.4. The second-order valence-electron chi connectivity index (χ2n) is 9.09. The van der Waals surface area contributed by atoms with Gasteiger partial charge in [0.2, 0.25) is 11.8 Å². The smallest absolute Gasteiger partial charge is 0.404 e. The zero-order valence-electron chi connectivity index (χ0n) is 19.0. The molecule has 1 aromatic carbocycles. The average molecular weight is 481 g/mol. The van der Waals surface area contributed by atoms with Gasteiger partial charge in [-0.1, -0.05) is 6.07 Å². The Morgan fingerprint density at radius 3 is 2.56 bits per heavy atom. The number of hydrogen-bond acceptors (Lipinski definition) is 6. The van der Waals surface area contributed by atoms with E-state index in [4.69, 9.17) is 15.2 Å². The third-order valence-corrected chi connectivity index (χ3v) is 6.56. The summed E-state index contributed by atoms with van der Waals surface area (Å²) in [6.07, 6.45) is 1.62. The number of ether oxygens (including phenoxy) is 3. The topological polar surface area (TPSA) is 111 Å². The molecule has 3 aliphatic rings. The molecule has 2 heterocycles. The van der Waals surface area contributed by atoms with Crippen molar-refractivity contribution >= 4 is 17.9 Å². The molecule has 2 N–H and O–H groups in total. The number of halogens is 2. The lowest BCUT2D eigenvalue weighted by Crippen LogP contribution is -2.46. The molecule has 4 rings (SSSR count). The number of nitrogens with two attached hydrogens (primary N) is 1. The van der Waals surface area contributed by atoms with Crippen LogP contribution in [-0.4, -0.2) is 72.7 Å². The maximum atomic E-state index is 13.2. The van der Waals surface area contributed by atoms with Gasteiger partial charge in [-0.15, -0.1) is 0 Å². The Morgan fingerprint density at radius 1 is 1.15 bits per heavy atom. The van der Waals surface area contributed by atoms with Crippen LogP contribution in [0.2, 0.25) is 0 Å². The van der Waals surface area contributed by atoms with Gasteiger partial charge in [-0.05, 0) is 42.9 Å². The van der Waals surface area contributed by atoms with E-state index in [2.05, 4.69) is 4.74 Å². The Balaban J connectivity index is 1.49. The van der Waals surface area contributed by atoms with E-state index in [0.717, 1.165) is 18.4 Å². The van der Waals surface area contributed by atoms with Crippen molar-refractivity contribution in [3.63, 3.8) is 0 Å². The molecule has 1 aromatic rings. The van der Waals surface area contributed by atoms with E-state index in [1.807, 2.05) is 0 Å². The van der Waals surface area contributed by atoms with Crippen molar-refractivity contribution in [1.29, 1.82) is 0 Å². The minimum Gasteiger partial charge on any atom is -0.489 e. The van der Waals surface area contributed by atoms with Gasteiger partial charge in [0.15, 0.2) is 11.5 Å². The lowest BCUT2D eigenvalue weighted by Gasteiger charge is -2.26. The number of primary amides is 1. The molecule has 0 bridgehead atoms. The van der Waals surface area contributed by atoms with Crippen molar-refractivity contribution in [2.45, 2.75) is 57.3 Å². The zero-order chi connectivity index (χ0) is 24.4. The molecule has 3 amide bonds. The van der Waals surface area contributed by atoms with Crippen LogP contribution in [-0.2, 0) is 14.3 Å². The molecule has 3 atom stereocenters. The highest BCUT2D eigenvalue weighted by molar-refractivity contribution is 5.88. The highest BCUT2D eigenvalue weighted by atomic mass is 19.3. The van der Waals surface area contributed by atoms with E-state index in [-0.39, 0.29) is 35.8 Å². The number of carbonyl (C=O) groups excluding carboxylic acids is 3. The summed E-state index contributed by atoms with van der Waals surface area (Å²) >= 11 is 0. The summed E-state index contributed by atoms with van der Waals surface area (Å²) in [5.74, 6) is 0.00406. The summed E-state index contributed by atoms with van der Waals surface area (Å²) in [7, 11) is 0. The molecule has 1 saturated carbocycles. The number of benzene rings is 1. The van der Waals surface area contributed by atoms with Gasteiger partial charge in [0.25, 0.3) is 0 Å². The van der Waals surface area contributed by atoms with E-state index in [1.165, 1.54) is 17.9 Å². The standard InChI is InChI=1S/C23H29F2N3O6/c1-13(29)28-10-16(8-18(28)21(30)27-7-6-17(11-27)33-23(26)31)15-4-5-19(34-22(24)25)20(9-15)32-12-14-2-3-14/h4-5,9,14,16-18,22H,2-3,6-8,10-12H2,1H3,(H2,26,31)/t16?,17-,18-/m1/s1. The summed E-state index contributed by atoms with van der Waals surface area (Å²) in [5, 5.41) is 0. The summed E-state index contributed by atoms with van der Waals surface area (Å²) in [6.45, 7) is -0.181. The highest BCUT2D eigenvalue weighted by Crippen LogP contribution is 2.39. The Kier molecular flexibility index (Phi) is 7.08. The molecular formula is C23H29F2N3O6. The maximum absolute atomic E-state index is 13.2. The number of alkyl halides is 2. The van der Waals surface area contributed by atoms with Crippen molar-refractivity contribution in [3.8, 4) is 11.5 Å². The van der Waals surface area contributed by atoms with Crippen molar-refractivity contribution in [3.05, 3.63) is 23.8 Å². The van der Waals surface area contributed by atoms with Crippen molar-refractivity contribution in [2.24, 2.45) is 11.7 Å². The fraction of sp³-hybridized carbons (Fsp3) is 0.609. The van der Waals surface area contributed by atoms with Crippen molar-refractivity contribution in [1.82, 2.24) is 9.80 Å². The van der Waals surface area contributed by atoms with Crippen molar-refractivity contribution < 1.29 is 37.4 Å². The predicted molar refractivity (Wildman–Crippen MR) is 115 cm³/mol. The second kappa shape index (κ2) is 10.0. The fourth-order valence-electron chi connectivity index (χ4n) is 4.64. The lowest BCUT2D eigenvalue weighted by molar-refractivity contribution is -0.142. The van der Waals surface area contributed by atoms with Gasteiger partial charge in [-0.25, -0.2) is 4.79 Å². The van der Waals surface area contributed by atoms with Gasteiger partial charge in [-0.2, -0.15) is 8.78 Å². The average Bonchev–Trinajstić information content (AvgIpc) is 3.30. The molecule has 2 aliphatic heterocycles. The highest BCUT2D eigenvalue weighted by Gasteiger charge is 2.42. The first kappa shape index (κ1) is 24.0. The molecule has 3 fully saturated rings. The minimum atomic E-state index is -2.97.